The number of rotatable bonds is 0. The molecule has 0 saturated carbocycles. The fourth-order valence-electron chi connectivity index (χ4n) is 1.31. The molecule has 2 nitrogen and oxygen atoms in total. The summed E-state index contributed by atoms with van der Waals surface area (Å²) < 4.78 is 0. The first kappa shape index (κ1) is 9.90. The van der Waals surface area contributed by atoms with E-state index in [1.165, 1.54) is 0 Å². The third-order valence-electron chi connectivity index (χ3n) is 2.00. The van der Waals surface area contributed by atoms with E-state index in [0.717, 1.165) is 10.8 Å². The summed E-state index contributed by atoms with van der Waals surface area (Å²) in [5.41, 5.74) is 12.8. The van der Waals surface area contributed by atoms with Crippen molar-refractivity contribution in [1.82, 2.24) is 0 Å². The number of hydrogen-bond donors (Lipinski definition) is 2. The molecule has 0 heterocycles. The predicted octanol–water partition coefficient (Wildman–Crippen LogP) is 1.09. The quantitative estimate of drug-likeness (QED) is 0.534. The molecule has 0 aliphatic rings. The molecule has 0 bridgehead atoms. The molecular formula is C10H12N2Se. The van der Waals surface area contributed by atoms with E-state index in [1.54, 1.807) is 0 Å². The van der Waals surface area contributed by atoms with Crippen LogP contribution in [0.2, 0.25) is 0 Å². The van der Waals surface area contributed by atoms with E-state index < -0.39 is 0 Å². The van der Waals surface area contributed by atoms with E-state index in [0.29, 0.717) is 11.4 Å². The Kier molecular flexibility index (Phi) is 2.81. The number of hydrogen-bond acceptors (Lipinski definition) is 2. The molecule has 2 aromatic carbocycles. The van der Waals surface area contributed by atoms with E-state index in [-0.39, 0.29) is 17.1 Å². The summed E-state index contributed by atoms with van der Waals surface area (Å²) in [5, 5.41) is 2.15. The third kappa shape index (κ3) is 1.62. The van der Waals surface area contributed by atoms with Gasteiger partial charge >= 0.3 is 17.1 Å². The summed E-state index contributed by atoms with van der Waals surface area (Å²) in [6.07, 6.45) is 0. The van der Waals surface area contributed by atoms with Gasteiger partial charge in [-0.1, -0.05) is 30.3 Å². The van der Waals surface area contributed by atoms with Crippen LogP contribution in [0.15, 0.2) is 36.4 Å². The number of anilines is 2. The zero-order valence-corrected chi connectivity index (χ0v) is 9.22. The van der Waals surface area contributed by atoms with Crippen LogP contribution in [0.1, 0.15) is 0 Å². The van der Waals surface area contributed by atoms with Crippen molar-refractivity contribution in [2.75, 3.05) is 11.5 Å². The Morgan fingerprint density at radius 2 is 1.54 bits per heavy atom. The molecule has 0 amide bonds. The van der Waals surface area contributed by atoms with E-state index >= 15 is 0 Å². The maximum absolute atomic E-state index is 5.79. The molecule has 0 unspecified atom stereocenters. The van der Waals surface area contributed by atoms with Crippen LogP contribution in [-0.2, 0) is 0 Å². The Bertz CT molecular complexity index is 426. The Morgan fingerprint density at radius 3 is 2.31 bits per heavy atom. The third-order valence-corrected chi connectivity index (χ3v) is 2.00. The normalized spacial score (nSPS) is 9.54. The molecule has 0 aliphatic heterocycles. The number of benzene rings is 2. The van der Waals surface area contributed by atoms with Crippen LogP contribution in [0, 0.1) is 0 Å². The van der Waals surface area contributed by atoms with E-state index in [9.17, 15) is 0 Å². The molecule has 0 fully saturated rings. The second-order valence-corrected chi connectivity index (χ2v) is 2.79. The molecule has 4 N–H and O–H groups in total. The van der Waals surface area contributed by atoms with Crippen LogP contribution < -0.4 is 11.5 Å². The summed E-state index contributed by atoms with van der Waals surface area (Å²) in [4.78, 5) is 0. The first-order valence-corrected chi connectivity index (χ1v) is 3.82. The van der Waals surface area contributed by atoms with Gasteiger partial charge in [0.25, 0.3) is 0 Å². The zero-order chi connectivity index (χ0) is 8.55. The van der Waals surface area contributed by atoms with Crippen molar-refractivity contribution in [3.8, 4) is 0 Å². The Balaban J connectivity index is 0.000000845. The van der Waals surface area contributed by atoms with Gasteiger partial charge in [-0.05, 0) is 11.5 Å². The molecular weight excluding hydrogens is 227 g/mol. The minimum absolute atomic E-state index is 0. The van der Waals surface area contributed by atoms with Crippen molar-refractivity contribution in [3.05, 3.63) is 36.4 Å². The van der Waals surface area contributed by atoms with Crippen LogP contribution in [0.5, 0.6) is 0 Å². The molecule has 0 aromatic heterocycles. The molecule has 2 rings (SSSR count). The van der Waals surface area contributed by atoms with Crippen molar-refractivity contribution in [2.24, 2.45) is 0 Å². The maximum atomic E-state index is 5.79. The summed E-state index contributed by atoms with van der Waals surface area (Å²) in [6, 6.07) is 11.7. The first-order chi connectivity index (χ1) is 5.79. The molecule has 0 saturated heterocycles. The van der Waals surface area contributed by atoms with Gasteiger partial charge in [0, 0.05) is 5.39 Å². The van der Waals surface area contributed by atoms with E-state index in [1.807, 2.05) is 36.4 Å². The van der Waals surface area contributed by atoms with E-state index in [2.05, 4.69) is 0 Å². The average Bonchev–Trinajstić information content (AvgIpc) is 2.12. The second-order valence-electron chi connectivity index (χ2n) is 2.79. The fourth-order valence-corrected chi connectivity index (χ4v) is 1.31. The van der Waals surface area contributed by atoms with Gasteiger partial charge in [-0.2, -0.15) is 0 Å². The zero-order valence-electron chi connectivity index (χ0n) is 7.12. The molecule has 0 radical (unpaired) electrons. The Labute approximate surface area is 87.4 Å². The van der Waals surface area contributed by atoms with Gasteiger partial charge in [0.1, 0.15) is 0 Å². The SMILES string of the molecule is Nc1ccc2ccccc2c1N.[SeH2]. The molecule has 0 spiro atoms. The molecule has 68 valence electrons. The number of fused-ring (bicyclic) bond motifs is 1. The molecule has 3 heteroatoms. The summed E-state index contributed by atoms with van der Waals surface area (Å²) >= 11 is 0. The van der Waals surface area contributed by atoms with Crippen molar-refractivity contribution < 1.29 is 0 Å². The van der Waals surface area contributed by atoms with Crippen LogP contribution in [-0.4, -0.2) is 17.1 Å². The fraction of sp³-hybridized carbons (Fsp3) is 0. The van der Waals surface area contributed by atoms with Gasteiger partial charge < -0.3 is 11.5 Å². The first-order valence-electron chi connectivity index (χ1n) is 3.82. The number of nitrogens with two attached hydrogens (primary N) is 2. The van der Waals surface area contributed by atoms with Gasteiger partial charge in [-0.15, -0.1) is 0 Å². The molecule has 0 atom stereocenters. The Morgan fingerprint density at radius 1 is 0.846 bits per heavy atom. The van der Waals surface area contributed by atoms with Crippen LogP contribution >= 0.6 is 0 Å². The van der Waals surface area contributed by atoms with Crippen LogP contribution in [0.3, 0.4) is 0 Å². The van der Waals surface area contributed by atoms with E-state index in [4.69, 9.17) is 11.5 Å². The molecule has 2 aromatic rings. The van der Waals surface area contributed by atoms with Crippen molar-refractivity contribution in [3.63, 3.8) is 0 Å². The van der Waals surface area contributed by atoms with Crippen molar-refractivity contribution in [2.45, 2.75) is 0 Å². The summed E-state index contributed by atoms with van der Waals surface area (Å²) in [5.74, 6) is 0. The summed E-state index contributed by atoms with van der Waals surface area (Å²) in [7, 11) is 0. The second kappa shape index (κ2) is 3.69. The monoisotopic (exact) mass is 240 g/mol. The summed E-state index contributed by atoms with van der Waals surface area (Å²) in [6.45, 7) is 0. The topological polar surface area (TPSA) is 52.0 Å². The van der Waals surface area contributed by atoms with Gasteiger partial charge in [-0.3, -0.25) is 0 Å². The predicted molar refractivity (Wildman–Crippen MR) is 61.3 cm³/mol. The van der Waals surface area contributed by atoms with Crippen LogP contribution in [0.25, 0.3) is 10.8 Å². The average molecular weight is 239 g/mol. The van der Waals surface area contributed by atoms with Gasteiger partial charge in [0.15, 0.2) is 0 Å². The number of nitrogen functional groups attached to an aromatic ring is 2. The van der Waals surface area contributed by atoms with Gasteiger partial charge in [0.05, 0.1) is 11.4 Å². The standard InChI is InChI=1S/C10H10N2.H2Se/c11-9-6-5-7-3-1-2-4-8(7)10(9)12;/h1-6H,11-12H2;1H2. The Hall–Kier alpha value is -1.18. The molecule has 0 aliphatic carbocycles. The minimum atomic E-state index is 0. The van der Waals surface area contributed by atoms with Crippen molar-refractivity contribution in [1.29, 1.82) is 0 Å². The van der Waals surface area contributed by atoms with Crippen LogP contribution in [0.4, 0.5) is 11.4 Å². The van der Waals surface area contributed by atoms with Crippen molar-refractivity contribution >= 4 is 39.2 Å². The van der Waals surface area contributed by atoms with Gasteiger partial charge in [-0.25, -0.2) is 0 Å². The molecule has 13 heavy (non-hydrogen) atoms. The van der Waals surface area contributed by atoms with Gasteiger partial charge in [0.2, 0.25) is 0 Å².